The van der Waals surface area contributed by atoms with Crippen molar-refractivity contribution in [1.82, 2.24) is 0 Å². The summed E-state index contributed by atoms with van der Waals surface area (Å²) in [4.78, 5) is 0. The second-order valence-electron chi connectivity index (χ2n) is 3.71. The van der Waals surface area contributed by atoms with Gasteiger partial charge >= 0.3 is 0 Å². The second-order valence-corrected chi connectivity index (χ2v) is 4.11. The van der Waals surface area contributed by atoms with Crippen LogP contribution in [0, 0.1) is 0 Å². The van der Waals surface area contributed by atoms with Gasteiger partial charge in [-0.2, -0.15) is 0 Å². The number of para-hydroxylation sites is 1. The highest BCUT2D eigenvalue weighted by Gasteiger charge is 2.07. The van der Waals surface area contributed by atoms with Gasteiger partial charge in [-0.15, -0.1) is 0 Å². The summed E-state index contributed by atoms with van der Waals surface area (Å²) < 4.78 is 5.73. The summed E-state index contributed by atoms with van der Waals surface area (Å²) in [6.07, 6.45) is 0. The summed E-state index contributed by atoms with van der Waals surface area (Å²) in [5.41, 5.74) is 7.68. The van der Waals surface area contributed by atoms with Gasteiger partial charge in [0.05, 0.1) is 5.02 Å². The molecule has 0 atom stereocenters. The maximum absolute atomic E-state index is 6.09. The summed E-state index contributed by atoms with van der Waals surface area (Å²) in [6.45, 7) is 0.919. The fraction of sp³-hybridized carbons (Fsp3) is 0.143. The van der Waals surface area contributed by atoms with Gasteiger partial charge < -0.3 is 10.5 Å². The number of halogens is 1. The van der Waals surface area contributed by atoms with E-state index in [1.807, 2.05) is 42.5 Å². The Morgan fingerprint density at radius 2 is 1.76 bits per heavy atom. The molecule has 0 fully saturated rings. The van der Waals surface area contributed by atoms with E-state index < -0.39 is 0 Å². The van der Waals surface area contributed by atoms with Crippen LogP contribution < -0.4 is 10.5 Å². The molecule has 88 valence electrons. The largest absolute Gasteiger partial charge is 0.487 e. The number of ether oxygens (including phenoxy) is 1. The van der Waals surface area contributed by atoms with Gasteiger partial charge in [-0.1, -0.05) is 54.1 Å². The smallest absolute Gasteiger partial charge is 0.142 e. The van der Waals surface area contributed by atoms with Gasteiger partial charge in [-0.05, 0) is 11.6 Å². The number of hydrogen-bond acceptors (Lipinski definition) is 2. The molecular weight excluding hydrogens is 234 g/mol. The molecule has 2 nitrogen and oxygen atoms in total. The summed E-state index contributed by atoms with van der Waals surface area (Å²) >= 11 is 6.09. The fourth-order valence-corrected chi connectivity index (χ4v) is 1.85. The van der Waals surface area contributed by atoms with Crippen LogP contribution in [-0.4, -0.2) is 0 Å². The summed E-state index contributed by atoms with van der Waals surface area (Å²) in [6, 6.07) is 15.6. The minimum absolute atomic E-state index is 0.421. The molecule has 2 N–H and O–H groups in total. The molecule has 2 rings (SSSR count). The lowest BCUT2D eigenvalue weighted by atomic mass is 10.2. The minimum atomic E-state index is 0.421. The van der Waals surface area contributed by atoms with E-state index in [0.717, 1.165) is 11.1 Å². The molecule has 0 heterocycles. The Morgan fingerprint density at radius 1 is 1.00 bits per heavy atom. The normalized spacial score (nSPS) is 10.2. The Labute approximate surface area is 106 Å². The van der Waals surface area contributed by atoms with Crippen molar-refractivity contribution < 1.29 is 4.74 Å². The highest BCUT2D eigenvalue weighted by molar-refractivity contribution is 6.32. The number of nitrogens with two attached hydrogens (primary N) is 1. The van der Waals surface area contributed by atoms with E-state index in [0.29, 0.717) is 23.9 Å². The van der Waals surface area contributed by atoms with Crippen molar-refractivity contribution in [2.45, 2.75) is 13.2 Å². The third-order valence-electron chi connectivity index (χ3n) is 2.49. The average molecular weight is 248 g/mol. The summed E-state index contributed by atoms with van der Waals surface area (Å²) in [5, 5.41) is 0.601. The first-order valence-electron chi connectivity index (χ1n) is 5.45. The maximum Gasteiger partial charge on any atom is 0.142 e. The van der Waals surface area contributed by atoms with Crippen molar-refractivity contribution in [2.24, 2.45) is 5.73 Å². The van der Waals surface area contributed by atoms with Crippen LogP contribution in [0.4, 0.5) is 0 Å². The van der Waals surface area contributed by atoms with E-state index in [2.05, 4.69) is 0 Å². The Balaban J connectivity index is 2.14. The molecule has 0 amide bonds. The van der Waals surface area contributed by atoms with Crippen molar-refractivity contribution in [2.75, 3.05) is 0 Å². The highest BCUT2D eigenvalue weighted by atomic mass is 35.5. The quantitative estimate of drug-likeness (QED) is 0.899. The van der Waals surface area contributed by atoms with Crippen molar-refractivity contribution in [3.05, 3.63) is 64.7 Å². The molecule has 0 unspecified atom stereocenters. The molecule has 0 aliphatic heterocycles. The van der Waals surface area contributed by atoms with Crippen molar-refractivity contribution >= 4 is 11.6 Å². The molecule has 0 aliphatic carbocycles. The zero-order chi connectivity index (χ0) is 12.1. The zero-order valence-corrected chi connectivity index (χ0v) is 10.2. The molecule has 17 heavy (non-hydrogen) atoms. The SMILES string of the molecule is NCc1cccc(Cl)c1OCc1ccccc1. The van der Waals surface area contributed by atoms with E-state index in [1.165, 1.54) is 0 Å². The van der Waals surface area contributed by atoms with E-state index in [-0.39, 0.29) is 0 Å². The van der Waals surface area contributed by atoms with Crippen LogP contribution in [-0.2, 0) is 13.2 Å². The van der Waals surface area contributed by atoms with Crippen LogP contribution in [0.5, 0.6) is 5.75 Å². The number of rotatable bonds is 4. The molecule has 0 aliphatic rings. The lowest BCUT2D eigenvalue weighted by Gasteiger charge is -2.12. The van der Waals surface area contributed by atoms with Gasteiger partial charge in [0, 0.05) is 12.1 Å². The van der Waals surface area contributed by atoms with Crippen LogP contribution in [0.2, 0.25) is 5.02 Å². The monoisotopic (exact) mass is 247 g/mol. The molecule has 0 saturated heterocycles. The Hall–Kier alpha value is -1.51. The van der Waals surface area contributed by atoms with Gasteiger partial charge in [0.1, 0.15) is 12.4 Å². The van der Waals surface area contributed by atoms with Crippen molar-refractivity contribution in [1.29, 1.82) is 0 Å². The standard InChI is InChI=1S/C14H14ClNO/c15-13-8-4-7-12(9-16)14(13)17-10-11-5-2-1-3-6-11/h1-8H,9-10,16H2. The first-order chi connectivity index (χ1) is 8.31. The van der Waals surface area contributed by atoms with Gasteiger partial charge in [0.15, 0.2) is 0 Å². The van der Waals surface area contributed by atoms with E-state index >= 15 is 0 Å². The van der Waals surface area contributed by atoms with Gasteiger partial charge in [0.25, 0.3) is 0 Å². The molecule has 0 spiro atoms. The number of hydrogen-bond donors (Lipinski definition) is 1. The average Bonchev–Trinajstić information content (AvgIpc) is 2.38. The van der Waals surface area contributed by atoms with Crippen LogP contribution in [0.15, 0.2) is 48.5 Å². The molecule has 0 bridgehead atoms. The Kier molecular flexibility index (Phi) is 4.02. The predicted molar refractivity (Wildman–Crippen MR) is 70.1 cm³/mol. The molecule has 2 aromatic rings. The maximum atomic E-state index is 6.09. The molecule has 0 saturated carbocycles. The second kappa shape index (κ2) is 5.71. The molecular formula is C14H14ClNO. The van der Waals surface area contributed by atoms with Crippen LogP contribution >= 0.6 is 11.6 Å². The van der Waals surface area contributed by atoms with Crippen LogP contribution in [0.1, 0.15) is 11.1 Å². The zero-order valence-electron chi connectivity index (χ0n) is 9.40. The molecule has 3 heteroatoms. The van der Waals surface area contributed by atoms with Gasteiger partial charge in [-0.3, -0.25) is 0 Å². The lowest BCUT2D eigenvalue weighted by molar-refractivity contribution is 0.303. The topological polar surface area (TPSA) is 35.2 Å². The number of benzene rings is 2. The van der Waals surface area contributed by atoms with Crippen LogP contribution in [0.3, 0.4) is 0 Å². The third-order valence-corrected chi connectivity index (χ3v) is 2.79. The van der Waals surface area contributed by atoms with E-state index in [4.69, 9.17) is 22.1 Å². The van der Waals surface area contributed by atoms with Crippen LogP contribution in [0.25, 0.3) is 0 Å². The third kappa shape index (κ3) is 2.99. The van der Waals surface area contributed by atoms with Crippen molar-refractivity contribution in [3.63, 3.8) is 0 Å². The fourth-order valence-electron chi connectivity index (χ4n) is 1.61. The van der Waals surface area contributed by atoms with E-state index in [1.54, 1.807) is 6.07 Å². The first-order valence-corrected chi connectivity index (χ1v) is 5.83. The summed E-state index contributed by atoms with van der Waals surface area (Å²) in [7, 11) is 0. The van der Waals surface area contributed by atoms with E-state index in [9.17, 15) is 0 Å². The minimum Gasteiger partial charge on any atom is -0.487 e. The van der Waals surface area contributed by atoms with Gasteiger partial charge in [0.2, 0.25) is 0 Å². The van der Waals surface area contributed by atoms with Gasteiger partial charge in [-0.25, -0.2) is 0 Å². The summed E-state index contributed by atoms with van der Waals surface area (Å²) in [5.74, 6) is 0.681. The molecule has 2 aromatic carbocycles. The first kappa shape index (κ1) is 12.0. The Bertz CT molecular complexity index is 485. The highest BCUT2D eigenvalue weighted by Crippen LogP contribution is 2.29. The predicted octanol–water partition coefficient (Wildman–Crippen LogP) is 3.38. The molecule has 0 aromatic heterocycles. The Morgan fingerprint density at radius 3 is 2.47 bits per heavy atom. The van der Waals surface area contributed by atoms with Crippen molar-refractivity contribution in [3.8, 4) is 5.75 Å². The lowest BCUT2D eigenvalue weighted by Crippen LogP contribution is -2.03. The molecule has 0 radical (unpaired) electrons.